The van der Waals surface area contributed by atoms with Crippen molar-refractivity contribution in [1.29, 1.82) is 0 Å². The predicted octanol–water partition coefficient (Wildman–Crippen LogP) is 5.77. The van der Waals surface area contributed by atoms with E-state index >= 15 is 0 Å². The Bertz CT molecular complexity index is 1700. The van der Waals surface area contributed by atoms with Gasteiger partial charge >= 0.3 is 0 Å². The van der Waals surface area contributed by atoms with Crippen LogP contribution in [-0.4, -0.2) is 25.8 Å². The molecule has 1 fully saturated rings. The van der Waals surface area contributed by atoms with Gasteiger partial charge < -0.3 is 9.88 Å². The number of pyridine rings is 2. The van der Waals surface area contributed by atoms with Crippen molar-refractivity contribution in [3.63, 3.8) is 0 Å². The highest BCUT2D eigenvalue weighted by Gasteiger charge is 2.39. The molecule has 7 nitrogen and oxygen atoms in total. The molecule has 0 bridgehead atoms. The number of aryl methyl sites for hydroxylation is 1. The Morgan fingerprint density at radius 3 is 2.90 bits per heavy atom. The van der Waals surface area contributed by atoms with E-state index in [0.717, 1.165) is 45.9 Å². The second-order valence-corrected chi connectivity index (χ2v) is 11.9. The number of benzene rings is 1. The van der Waals surface area contributed by atoms with Gasteiger partial charge in [0.15, 0.2) is 0 Å². The van der Waals surface area contributed by atoms with E-state index in [1.807, 2.05) is 24.4 Å². The molecule has 0 aliphatic heterocycles. The van der Waals surface area contributed by atoms with Gasteiger partial charge in [0.05, 0.1) is 17.6 Å². The number of hydrogen-bond donors (Lipinski definition) is 2. The van der Waals surface area contributed by atoms with Crippen LogP contribution < -0.4 is 16.4 Å². The molecule has 2 aliphatic carbocycles. The van der Waals surface area contributed by atoms with Crippen molar-refractivity contribution in [2.45, 2.75) is 64.0 Å². The second-order valence-electron chi connectivity index (χ2n) is 10.7. The Labute approximate surface area is 237 Å². The lowest BCUT2D eigenvalue weighted by atomic mass is 9.85. The maximum atomic E-state index is 14.1. The summed E-state index contributed by atoms with van der Waals surface area (Å²) in [5.41, 5.74) is 3.29. The largest absolute Gasteiger partial charge is 0.381 e. The first kappa shape index (κ1) is 26.1. The molecule has 3 heterocycles. The summed E-state index contributed by atoms with van der Waals surface area (Å²) in [5, 5.41) is 11.3. The molecule has 3 aromatic heterocycles. The van der Waals surface area contributed by atoms with Crippen LogP contribution in [-0.2, 0) is 18.9 Å². The zero-order valence-corrected chi connectivity index (χ0v) is 23.6. The van der Waals surface area contributed by atoms with Crippen molar-refractivity contribution < 1.29 is 8.78 Å². The van der Waals surface area contributed by atoms with Gasteiger partial charge in [0.2, 0.25) is 0 Å². The SMILES string of the molecule is Cc1c(N[C@H]2CCC[C@@H](Cn3ccc4cc(-c5cc6c(cn5)C(F)(F)CC6)c(I)cc4c3=O)C2)cn[nH]c1=O. The van der Waals surface area contributed by atoms with Gasteiger partial charge in [-0.05, 0) is 96.3 Å². The van der Waals surface area contributed by atoms with E-state index in [2.05, 4.69) is 43.1 Å². The summed E-state index contributed by atoms with van der Waals surface area (Å²) < 4.78 is 30.8. The molecule has 0 amide bonds. The maximum Gasteiger partial charge on any atom is 0.275 e. The third-order valence-electron chi connectivity index (χ3n) is 8.13. The summed E-state index contributed by atoms with van der Waals surface area (Å²) in [5.74, 6) is -2.48. The Balaban J connectivity index is 1.23. The average molecular weight is 643 g/mol. The summed E-state index contributed by atoms with van der Waals surface area (Å²) in [7, 11) is 0. The third kappa shape index (κ3) is 4.99. The smallest absolute Gasteiger partial charge is 0.275 e. The lowest BCUT2D eigenvalue weighted by Crippen LogP contribution is -2.32. The van der Waals surface area contributed by atoms with Crippen molar-refractivity contribution in [2.24, 2.45) is 5.92 Å². The third-order valence-corrected chi connectivity index (χ3v) is 9.03. The molecular formula is C29H28F2IN5O2. The predicted molar refractivity (Wildman–Crippen MR) is 155 cm³/mol. The van der Waals surface area contributed by atoms with Crippen LogP contribution in [0.4, 0.5) is 14.5 Å². The van der Waals surface area contributed by atoms with Gasteiger partial charge in [0.1, 0.15) is 0 Å². The highest BCUT2D eigenvalue weighted by atomic mass is 127. The molecule has 2 aliphatic rings. The van der Waals surface area contributed by atoms with Gasteiger partial charge in [0.25, 0.3) is 17.0 Å². The number of nitrogens with one attached hydrogen (secondary N) is 2. The van der Waals surface area contributed by atoms with Crippen LogP contribution in [0.5, 0.6) is 0 Å². The molecule has 1 saturated carbocycles. The van der Waals surface area contributed by atoms with Gasteiger partial charge in [-0.25, -0.2) is 13.9 Å². The van der Waals surface area contributed by atoms with Gasteiger partial charge in [-0.1, -0.05) is 6.42 Å². The van der Waals surface area contributed by atoms with E-state index in [-0.39, 0.29) is 29.1 Å². The fourth-order valence-corrected chi connectivity index (χ4v) is 6.69. The molecule has 4 aromatic rings. The van der Waals surface area contributed by atoms with Crippen molar-refractivity contribution in [3.05, 3.63) is 83.8 Å². The van der Waals surface area contributed by atoms with Crippen LogP contribution in [0.3, 0.4) is 0 Å². The Hall–Kier alpha value is -3.15. The number of H-pyrrole nitrogens is 1. The van der Waals surface area contributed by atoms with Crippen LogP contribution in [0.1, 0.15) is 48.8 Å². The van der Waals surface area contributed by atoms with E-state index in [9.17, 15) is 18.4 Å². The van der Waals surface area contributed by atoms with E-state index in [4.69, 9.17) is 0 Å². The summed E-state index contributed by atoms with van der Waals surface area (Å²) in [6.07, 6.45) is 8.94. The standard InChI is InChI=1S/C29H28F2IN5O2/c1-16-26(14-34-36-27(16)38)35-20-4-2-3-17(9-20)15-37-8-6-18-10-22(24(32)12-21(18)28(37)39)25-11-19-5-7-29(30,31)23(19)13-33-25/h6,8,10-14,17,20H,2-5,7,9,15H2,1H3,(H2,35,36,38)/t17-,20+/m1/s1. The minimum absolute atomic E-state index is 0.0225. The first-order valence-corrected chi connectivity index (χ1v) is 14.3. The van der Waals surface area contributed by atoms with Gasteiger partial charge in [-0.2, -0.15) is 5.10 Å². The van der Waals surface area contributed by atoms with Crippen molar-refractivity contribution in [3.8, 4) is 11.3 Å². The Kier molecular flexibility index (Phi) is 6.76. The molecule has 2 atom stereocenters. The molecule has 1 aromatic carbocycles. The van der Waals surface area contributed by atoms with Crippen LogP contribution >= 0.6 is 22.6 Å². The minimum atomic E-state index is -2.81. The molecular weight excluding hydrogens is 615 g/mol. The van der Waals surface area contributed by atoms with Crippen molar-refractivity contribution >= 4 is 39.1 Å². The van der Waals surface area contributed by atoms with Crippen LogP contribution in [0, 0.1) is 16.4 Å². The zero-order chi connectivity index (χ0) is 27.3. The molecule has 202 valence electrons. The molecule has 0 spiro atoms. The number of nitrogens with zero attached hydrogens (tertiary/aromatic N) is 3. The number of hydrogen-bond acceptors (Lipinski definition) is 5. The summed E-state index contributed by atoms with van der Waals surface area (Å²) in [6, 6.07) is 7.73. The van der Waals surface area contributed by atoms with Gasteiger partial charge in [-0.3, -0.25) is 14.6 Å². The highest BCUT2D eigenvalue weighted by molar-refractivity contribution is 14.1. The number of halogens is 3. The summed E-state index contributed by atoms with van der Waals surface area (Å²) >= 11 is 2.19. The van der Waals surface area contributed by atoms with E-state index in [1.54, 1.807) is 23.8 Å². The Morgan fingerprint density at radius 1 is 1.21 bits per heavy atom. The number of aromatic nitrogens is 4. The van der Waals surface area contributed by atoms with Crippen molar-refractivity contribution in [2.75, 3.05) is 5.32 Å². The quantitative estimate of drug-likeness (QED) is 0.270. The molecule has 0 saturated heterocycles. The average Bonchev–Trinajstić information content (AvgIpc) is 3.22. The minimum Gasteiger partial charge on any atom is -0.381 e. The first-order chi connectivity index (χ1) is 18.7. The van der Waals surface area contributed by atoms with Gasteiger partial charge in [0, 0.05) is 57.0 Å². The fourth-order valence-electron chi connectivity index (χ4n) is 5.94. The van der Waals surface area contributed by atoms with E-state index in [0.29, 0.717) is 41.1 Å². The second kappa shape index (κ2) is 10.1. The van der Waals surface area contributed by atoms with E-state index in [1.165, 1.54) is 6.20 Å². The summed E-state index contributed by atoms with van der Waals surface area (Å²) in [6.45, 7) is 2.40. The first-order valence-electron chi connectivity index (χ1n) is 13.2. The Morgan fingerprint density at radius 2 is 2.05 bits per heavy atom. The number of alkyl halides is 2. The monoisotopic (exact) mass is 643 g/mol. The fraction of sp³-hybridized carbons (Fsp3) is 0.379. The molecule has 0 unspecified atom stereocenters. The van der Waals surface area contributed by atoms with Crippen molar-refractivity contribution in [1.82, 2.24) is 19.7 Å². The molecule has 10 heteroatoms. The highest BCUT2D eigenvalue weighted by Crippen LogP contribution is 2.42. The normalized spacial score (nSPS) is 20.2. The lowest BCUT2D eigenvalue weighted by Gasteiger charge is -2.31. The zero-order valence-electron chi connectivity index (χ0n) is 21.4. The summed E-state index contributed by atoms with van der Waals surface area (Å²) in [4.78, 5) is 29.7. The number of rotatable bonds is 5. The van der Waals surface area contributed by atoms with E-state index < -0.39 is 5.92 Å². The number of anilines is 1. The van der Waals surface area contributed by atoms with Crippen LogP contribution in [0.2, 0.25) is 0 Å². The molecule has 0 radical (unpaired) electrons. The lowest BCUT2D eigenvalue weighted by molar-refractivity contribution is -0.00210. The number of fused-ring (bicyclic) bond motifs is 2. The van der Waals surface area contributed by atoms with Crippen LogP contribution in [0.15, 0.2) is 52.4 Å². The number of aromatic amines is 1. The molecule has 6 rings (SSSR count). The van der Waals surface area contributed by atoms with Crippen LogP contribution in [0.25, 0.3) is 22.0 Å². The molecule has 2 N–H and O–H groups in total. The topological polar surface area (TPSA) is 92.7 Å². The van der Waals surface area contributed by atoms with Gasteiger partial charge in [-0.15, -0.1) is 0 Å². The maximum absolute atomic E-state index is 14.1. The molecule has 39 heavy (non-hydrogen) atoms.